The first-order valence-corrected chi connectivity index (χ1v) is 8.50. The van der Waals surface area contributed by atoms with E-state index >= 15 is 0 Å². The molecule has 1 saturated heterocycles. The summed E-state index contributed by atoms with van der Waals surface area (Å²) in [6, 6.07) is 6.19. The highest BCUT2D eigenvalue weighted by molar-refractivity contribution is 5.99. The number of pyridine rings is 1. The predicted octanol–water partition coefficient (Wildman–Crippen LogP) is 2.42. The quantitative estimate of drug-likeness (QED) is 0.871. The molecule has 1 aliphatic heterocycles. The highest BCUT2D eigenvalue weighted by Crippen LogP contribution is 2.20. The third-order valence-electron chi connectivity index (χ3n) is 4.21. The first-order chi connectivity index (χ1) is 12.1. The van der Waals surface area contributed by atoms with Gasteiger partial charge in [0.2, 0.25) is 5.91 Å². The van der Waals surface area contributed by atoms with Crippen LogP contribution in [0.15, 0.2) is 41.1 Å². The monoisotopic (exact) mass is 342 g/mol. The fourth-order valence-electron chi connectivity index (χ4n) is 2.77. The van der Waals surface area contributed by atoms with Gasteiger partial charge in [-0.15, -0.1) is 0 Å². The normalized spacial score (nSPS) is 15.5. The molecular formula is C18H22N4O3. The molecule has 7 heteroatoms. The van der Waals surface area contributed by atoms with Crippen LogP contribution in [0.1, 0.15) is 36.7 Å². The molecule has 1 atom stereocenters. The first-order valence-electron chi connectivity index (χ1n) is 8.50. The van der Waals surface area contributed by atoms with Gasteiger partial charge in [0, 0.05) is 13.1 Å². The van der Waals surface area contributed by atoms with Crippen molar-refractivity contribution in [1.29, 1.82) is 0 Å². The van der Waals surface area contributed by atoms with Gasteiger partial charge in [-0.25, -0.2) is 4.98 Å². The molecule has 1 aliphatic rings. The SMILES string of the molecule is CC(NC(=O)c1ccco1)C(=O)Nc1ccc(N2CCCCC2)cn1. The number of carbonyl (C=O) groups excluding carboxylic acids is 2. The molecule has 0 radical (unpaired) electrons. The van der Waals surface area contributed by atoms with Gasteiger partial charge in [-0.1, -0.05) is 0 Å². The van der Waals surface area contributed by atoms with Crippen LogP contribution in [0.4, 0.5) is 11.5 Å². The Balaban J connectivity index is 1.54. The van der Waals surface area contributed by atoms with E-state index in [9.17, 15) is 9.59 Å². The van der Waals surface area contributed by atoms with Crippen LogP contribution >= 0.6 is 0 Å². The van der Waals surface area contributed by atoms with E-state index in [1.807, 2.05) is 6.07 Å². The zero-order valence-corrected chi connectivity index (χ0v) is 14.2. The smallest absolute Gasteiger partial charge is 0.287 e. The maximum atomic E-state index is 12.2. The summed E-state index contributed by atoms with van der Waals surface area (Å²) in [5, 5.41) is 5.29. The molecule has 3 heterocycles. The molecule has 1 fully saturated rings. The lowest BCUT2D eigenvalue weighted by molar-refractivity contribution is -0.117. The van der Waals surface area contributed by atoms with Gasteiger partial charge in [-0.05, 0) is 50.5 Å². The lowest BCUT2D eigenvalue weighted by Crippen LogP contribution is -2.41. The second-order valence-electron chi connectivity index (χ2n) is 6.11. The van der Waals surface area contributed by atoms with Crippen LogP contribution in [-0.4, -0.2) is 35.9 Å². The van der Waals surface area contributed by atoms with Crippen molar-refractivity contribution < 1.29 is 14.0 Å². The molecule has 0 spiro atoms. The Labute approximate surface area is 146 Å². The second kappa shape index (κ2) is 7.83. The highest BCUT2D eigenvalue weighted by atomic mass is 16.3. The van der Waals surface area contributed by atoms with Crippen molar-refractivity contribution in [3.05, 3.63) is 42.5 Å². The number of amides is 2. The third kappa shape index (κ3) is 4.37. The summed E-state index contributed by atoms with van der Waals surface area (Å²) in [5.41, 5.74) is 1.07. The molecule has 0 saturated carbocycles. The molecule has 2 aromatic heterocycles. The van der Waals surface area contributed by atoms with Gasteiger partial charge in [0.15, 0.2) is 5.76 Å². The lowest BCUT2D eigenvalue weighted by atomic mass is 10.1. The van der Waals surface area contributed by atoms with E-state index in [1.54, 1.807) is 31.3 Å². The molecule has 2 aromatic rings. The predicted molar refractivity (Wildman–Crippen MR) is 94.6 cm³/mol. The van der Waals surface area contributed by atoms with Crippen LogP contribution < -0.4 is 15.5 Å². The second-order valence-corrected chi connectivity index (χ2v) is 6.11. The number of nitrogens with zero attached hydrogens (tertiary/aromatic N) is 2. The Morgan fingerprint density at radius 1 is 1.20 bits per heavy atom. The summed E-state index contributed by atoms with van der Waals surface area (Å²) in [6.07, 6.45) is 6.86. The van der Waals surface area contributed by atoms with Gasteiger partial charge >= 0.3 is 0 Å². The van der Waals surface area contributed by atoms with Crippen molar-refractivity contribution in [2.45, 2.75) is 32.2 Å². The summed E-state index contributed by atoms with van der Waals surface area (Å²) in [7, 11) is 0. The van der Waals surface area contributed by atoms with Crippen LogP contribution in [0.25, 0.3) is 0 Å². The van der Waals surface area contributed by atoms with Gasteiger partial charge in [-0.3, -0.25) is 9.59 Å². The van der Waals surface area contributed by atoms with Crippen molar-refractivity contribution >= 4 is 23.3 Å². The molecule has 2 amide bonds. The molecule has 1 unspecified atom stereocenters. The molecule has 0 aromatic carbocycles. The van der Waals surface area contributed by atoms with Crippen LogP contribution in [0, 0.1) is 0 Å². The number of nitrogens with one attached hydrogen (secondary N) is 2. The fraction of sp³-hybridized carbons (Fsp3) is 0.389. The average molecular weight is 342 g/mol. The van der Waals surface area contributed by atoms with Crippen molar-refractivity contribution in [1.82, 2.24) is 10.3 Å². The van der Waals surface area contributed by atoms with E-state index < -0.39 is 11.9 Å². The molecule has 132 valence electrons. The highest BCUT2D eigenvalue weighted by Gasteiger charge is 2.18. The minimum Gasteiger partial charge on any atom is -0.459 e. The Morgan fingerprint density at radius 2 is 2.00 bits per heavy atom. The van der Waals surface area contributed by atoms with Crippen molar-refractivity contribution in [3.63, 3.8) is 0 Å². The molecule has 3 rings (SSSR count). The maximum absolute atomic E-state index is 12.2. The summed E-state index contributed by atoms with van der Waals surface area (Å²) >= 11 is 0. The van der Waals surface area contributed by atoms with Crippen LogP contribution in [-0.2, 0) is 4.79 Å². The van der Waals surface area contributed by atoms with Crippen LogP contribution in [0.3, 0.4) is 0 Å². The van der Waals surface area contributed by atoms with Gasteiger partial charge in [0.25, 0.3) is 5.91 Å². The van der Waals surface area contributed by atoms with E-state index in [2.05, 4.69) is 20.5 Å². The van der Waals surface area contributed by atoms with Crippen molar-refractivity contribution in [3.8, 4) is 0 Å². The van der Waals surface area contributed by atoms with E-state index in [-0.39, 0.29) is 11.7 Å². The summed E-state index contributed by atoms with van der Waals surface area (Å²) in [4.78, 5) is 30.7. The zero-order chi connectivity index (χ0) is 17.6. The number of rotatable bonds is 5. The molecular weight excluding hydrogens is 320 g/mol. The molecule has 7 nitrogen and oxygen atoms in total. The largest absolute Gasteiger partial charge is 0.459 e. The Morgan fingerprint density at radius 3 is 2.64 bits per heavy atom. The van der Waals surface area contributed by atoms with E-state index in [4.69, 9.17) is 4.42 Å². The van der Waals surface area contributed by atoms with Gasteiger partial charge < -0.3 is 20.0 Å². The molecule has 2 N–H and O–H groups in total. The number of carbonyl (C=O) groups is 2. The number of furan rings is 1. The summed E-state index contributed by atoms with van der Waals surface area (Å²) in [5.74, 6) is -0.132. The average Bonchev–Trinajstić information content (AvgIpc) is 3.18. The standard InChI is InChI=1S/C18H22N4O3/c1-13(20-18(24)15-6-5-11-25-15)17(23)21-16-8-7-14(12-19-16)22-9-3-2-4-10-22/h5-8,11-13H,2-4,9-10H2,1H3,(H,20,24)(H,19,21,23). The number of hydrogen-bond acceptors (Lipinski definition) is 5. The molecule has 0 bridgehead atoms. The topological polar surface area (TPSA) is 87.5 Å². The van der Waals surface area contributed by atoms with Crippen molar-refractivity contribution in [2.24, 2.45) is 0 Å². The summed E-state index contributed by atoms with van der Waals surface area (Å²) in [6.45, 7) is 3.70. The minimum atomic E-state index is -0.707. The van der Waals surface area contributed by atoms with E-state index in [0.717, 1.165) is 18.8 Å². The maximum Gasteiger partial charge on any atom is 0.287 e. The van der Waals surface area contributed by atoms with Gasteiger partial charge in [0.05, 0.1) is 18.1 Å². The Bertz CT molecular complexity index is 706. The van der Waals surface area contributed by atoms with Crippen molar-refractivity contribution in [2.75, 3.05) is 23.3 Å². The number of anilines is 2. The zero-order valence-electron chi connectivity index (χ0n) is 14.2. The first kappa shape index (κ1) is 17.0. The fourth-order valence-corrected chi connectivity index (χ4v) is 2.77. The Hall–Kier alpha value is -2.83. The minimum absolute atomic E-state index is 0.170. The number of hydrogen-bond donors (Lipinski definition) is 2. The molecule has 0 aliphatic carbocycles. The summed E-state index contributed by atoms with van der Waals surface area (Å²) < 4.78 is 5.00. The van der Waals surface area contributed by atoms with E-state index in [1.165, 1.54) is 25.5 Å². The van der Waals surface area contributed by atoms with Gasteiger partial charge in [-0.2, -0.15) is 0 Å². The number of aromatic nitrogens is 1. The number of piperidine rings is 1. The van der Waals surface area contributed by atoms with Crippen LogP contribution in [0.5, 0.6) is 0 Å². The van der Waals surface area contributed by atoms with Gasteiger partial charge in [0.1, 0.15) is 11.9 Å². The van der Waals surface area contributed by atoms with Crippen LogP contribution in [0.2, 0.25) is 0 Å². The Kier molecular flexibility index (Phi) is 5.33. The van der Waals surface area contributed by atoms with E-state index in [0.29, 0.717) is 5.82 Å². The third-order valence-corrected chi connectivity index (χ3v) is 4.21. The molecule has 25 heavy (non-hydrogen) atoms. The lowest BCUT2D eigenvalue weighted by Gasteiger charge is -2.28.